The monoisotopic (exact) mass is 311 g/mol. The number of aromatic nitrogens is 1. The highest BCUT2D eigenvalue weighted by Crippen LogP contribution is 2.41. The Bertz CT molecular complexity index is 648. The van der Waals surface area contributed by atoms with Crippen LogP contribution < -0.4 is 4.72 Å². The normalized spacial score (nSPS) is 26.3. The van der Waals surface area contributed by atoms with Crippen molar-refractivity contribution < 1.29 is 13.2 Å². The summed E-state index contributed by atoms with van der Waals surface area (Å²) in [4.78, 5) is 17.3. The van der Waals surface area contributed by atoms with Crippen LogP contribution in [-0.4, -0.2) is 49.6 Å². The van der Waals surface area contributed by atoms with Crippen molar-refractivity contribution in [1.29, 1.82) is 0 Å². The van der Waals surface area contributed by atoms with E-state index < -0.39 is 10.0 Å². The van der Waals surface area contributed by atoms with Crippen LogP contribution in [0.2, 0.25) is 0 Å². The molecule has 7 heteroatoms. The number of carbonyl (C=O) groups excluding carboxylic acids is 1. The van der Waals surface area contributed by atoms with Crippen molar-refractivity contribution in [3.63, 3.8) is 0 Å². The summed E-state index contributed by atoms with van der Waals surface area (Å²) in [6, 6.07) is 1.62. The van der Waals surface area contributed by atoms with Crippen LogP contribution in [0.25, 0.3) is 0 Å². The standard InChI is InChI=1S/C14H21N3O3S/c1-9-11(5-6-15-9)14(18)17-7-12(10-3-4-10)13(8-17)16-21(2,19)20/h5-6,10,12-13,15-16H,3-4,7-8H2,1-2H3/t12-,13+/m1/s1. The van der Waals surface area contributed by atoms with Crippen LogP contribution in [0.4, 0.5) is 0 Å². The van der Waals surface area contributed by atoms with Crippen molar-refractivity contribution in [3.8, 4) is 0 Å². The van der Waals surface area contributed by atoms with Crippen molar-refractivity contribution >= 4 is 15.9 Å². The van der Waals surface area contributed by atoms with Gasteiger partial charge >= 0.3 is 0 Å². The van der Waals surface area contributed by atoms with Gasteiger partial charge in [0.25, 0.3) is 5.91 Å². The molecule has 0 unspecified atom stereocenters. The molecular formula is C14H21N3O3S. The zero-order valence-electron chi connectivity index (χ0n) is 12.3. The number of amides is 1. The molecule has 6 nitrogen and oxygen atoms in total. The fourth-order valence-electron chi connectivity index (χ4n) is 3.25. The molecule has 116 valence electrons. The number of sulfonamides is 1. The molecule has 21 heavy (non-hydrogen) atoms. The Kier molecular flexibility index (Phi) is 3.57. The van der Waals surface area contributed by atoms with Crippen molar-refractivity contribution in [2.24, 2.45) is 11.8 Å². The van der Waals surface area contributed by atoms with Crippen molar-refractivity contribution in [2.75, 3.05) is 19.3 Å². The molecule has 1 aromatic heterocycles. The Morgan fingerprint density at radius 1 is 1.38 bits per heavy atom. The van der Waals surface area contributed by atoms with Crippen LogP contribution in [0.1, 0.15) is 28.9 Å². The van der Waals surface area contributed by atoms with Gasteiger partial charge in [0.05, 0.1) is 11.8 Å². The van der Waals surface area contributed by atoms with E-state index in [1.807, 2.05) is 6.92 Å². The van der Waals surface area contributed by atoms with Crippen LogP contribution in [0.5, 0.6) is 0 Å². The predicted octanol–water partition coefficient (Wildman–Crippen LogP) is 0.723. The quantitative estimate of drug-likeness (QED) is 0.860. The van der Waals surface area contributed by atoms with Crippen LogP contribution in [0.3, 0.4) is 0 Å². The maximum atomic E-state index is 12.6. The molecule has 0 spiro atoms. The fraction of sp³-hybridized carbons (Fsp3) is 0.643. The highest BCUT2D eigenvalue weighted by Gasteiger charge is 2.44. The van der Waals surface area contributed by atoms with Gasteiger partial charge in [-0.1, -0.05) is 0 Å². The topological polar surface area (TPSA) is 82.3 Å². The van der Waals surface area contributed by atoms with Gasteiger partial charge in [-0.2, -0.15) is 0 Å². The summed E-state index contributed by atoms with van der Waals surface area (Å²) in [7, 11) is -3.25. The lowest BCUT2D eigenvalue weighted by molar-refractivity contribution is 0.0784. The molecule has 2 aliphatic rings. The Labute approximate surface area is 125 Å². The van der Waals surface area contributed by atoms with Gasteiger partial charge in [0, 0.05) is 31.0 Å². The summed E-state index contributed by atoms with van der Waals surface area (Å²) in [5.41, 5.74) is 1.52. The largest absolute Gasteiger partial charge is 0.365 e. The first kappa shape index (κ1) is 14.6. The number of nitrogens with zero attached hydrogens (tertiary/aromatic N) is 1. The van der Waals surface area contributed by atoms with E-state index in [4.69, 9.17) is 0 Å². The lowest BCUT2D eigenvalue weighted by atomic mass is 9.99. The highest BCUT2D eigenvalue weighted by molar-refractivity contribution is 7.88. The van der Waals surface area contributed by atoms with E-state index in [0.29, 0.717) is 24.6 Å². The van der Waals surface area contributed by atoms with Crippen LogP contribution in [0.15, 0.2) is 12.3 Å². The number of nitrogens with one attached hydrogen (secondary N) is 2. The molecule has 0 aromatic carbocycles. The number of carbonyl (C=O) groups is 1. The number of H-pyrrole nitrogens is 1. The Hall–Kier alpha value is -1.34. The van der Waals surface area contributed by atoms with Crippen LogP contribution >= 0.6 is 0 Å². The minimum absolute atomic E-state index is 0.0165. The molecule has 1 saturated heterocycles. The highest BCUT2D eigenvalue weighted by atomic mass is 32.2. The number of aryl methyl sites for hydroxylation is 1. The molecule has 1 amide bonds. The summed E-state index contributed by atoms with van der Waals surface area (Å²) in [5.74, 6) is 0.773. The lowest BCUT2D eigenvalue weighted by Gasteiger charge is -2.17. The smallest absolute Gasteiger partial charge is 0.255 e. The number of hydrogen-bond donors (Lipinski definition) is 2. The number of likely N-dealkylation sites (tertiary alicyclic amines) is 1. The maximum Gasteiger partial charge on any atom is 0.255 e. The summed E-state index contributed by atoms with van der Waals surface area (Å²) >= 11 is 0. The maximum absolute atomic E-state index is 12.6. The minimum atomic E-state index is -3.25. The molecule has 2 atom stereocenters. The van der Waals surface area contributed by atoms with E-state index in [9.17, 15) is 13.2 Å². The molecule has 2 heterocycles. The van der Waals surface area contributed by atoms with E-state index in [2.05, 4.69) is 9.71 Å². The second-order valence-corrected chi connectivity index (χ2v) is 8.00. The van der Waals surface area contributed by atoms with Crippen LogP contribution in [0, 0.1) is 18.8 Å². The predicted molar refractivity (Wildman–Crippen MR) is 79.4 cm³/mol. The summed E-state index contributed by atoms with van der Waals surface area (Å²) in [6.45, 7) is 2.97. The van der Waals surface area contributed by atoms with Gasteiger partial charge in [-0.05, 0) is 37.7 Å². The zero-order valence-corrected chi connectivity index (χ0v) is 13.1. The molecule has 1 aliphatic carbocycles. The summed E-state index contributed by atoms with van der Waals surface area (Å²) in [6.07, 6.45) is 5.20. The van der Waals surface area contributed by atoms with Crippen molar-refractivity contribution in [1.82, 2.24) is 14.6 Å². The summed E-state index contributed by atoms with van der Waals surface area (Å²) < 4.78 is 25.7. The first-order chi connectivity index (χ1) is 9.85. The van der Waals surface area contributed by atoms with Gasteiger partial charge in [-0.25, -0.2) is 13.1 Å². The van der Waals surface area contributed by atoms with Gasteiger partial charge in [0.2, 0.25) is 10.0 Å². The van der Waals surface area contributed by atoms with Gasteiger partial charge in [-0.15, -0.1) is 0 Å². The van der Waals surface area contributed by atoms with Crippen molar-refractivity contribution in [3.05, 3.63) is 23.5 Å². The van der Waals surface area contributed by atoms with Gasteiger partial charge < -0.3 is 9.88 Å². The molecule has 1 aromatic rings. The number of rotatable bonds is 4. The van der Waals surface area contributed by atoms with Crippen molar-refractivity contribution in [2.45, 2.75) is 25.8 Å². The molecule has 3 rings (SSSR count). The lowest BCUT2D eigenvalue weighted by Crippen LogP contribution is -2.41. The van der Waals surface area contributed by atoms with E-state index in [1.54, 1.807) is 17.2 Å². The molecule has 0 radical (unpaired) electrons. The van der Waals surface area contributed by atoms with E-state index in [0.717, 1.165) is 18.5 Å². The SMILES string of the molecule is Cc1[nH]ccc1C(=O)N1C[C@H](NS(C)(=O)=O)[C@@H](C2CC2)C1. The molecular weight excluding hydrogens is 290 g/mol. The van der Waals surface area contributed by atoms with Gasteiger partial charge in [0.1, 0.15) is 0 Å². The molecule has 2 fully saturated rings. The summed E-state index contributed by atoms with van der Waals surface area (Å²) in [5, 5.41) is 0. The van der Waals surface area contributed by atoms with E-state index in [1.165, 1.54) is 6.26 Å². The first-order valence-electron chi connectivity index (χ1n) is 7.25. The fourth-order valence-corrected chi connectivity index (χ4v) is 4.05. The zero-order chi connectivity index (χ0) is 15.2. The van der Waals surface area contributed by atoms with Gasteiger partial charge in [0.15, 0.2) is 0 Å². The first-order valence-corrected chi connectivity index (χ1v) is 9.15. The van der Waals surface area contributed by atoms with E-state index >= 15 is 0 Å². The average Bonchev–Trinajstić information content (AvgIpc) is 3.01. The third-order valence-corrected chi connectivity index (χ3v) is 5.16. The minimum Gasteiger partial charge on any atom is -0.365 e. The third kappa shape index (κ3) is 3.13. The second-order valence-electron chi connectivity index (χ2n) is 6.22. The number of hydrogen-bond acceptors (Lipinski definition) is 3. The Morgan fingerprint density at radius 2 is 2.10 bits per heavy atom. The Morgan fingerprint density at radius 3 is 2.62 bits per heavy atom. The molecule has 1 saturated carbocycles. The average molecular weight is 311 g/mol. The molecule has 0 bridgehead atoms. The second kappa shape index (κ2) is 5.14. The molecule has 1 aliphatic heterocycles. The van der Waals surface area contributed by atoms with Crippen LogP contribution in [-0.2, 0) is 10.0 Å². The third-order valence-electron chi connectivity index (χ3n) is 4.43. The van der Waals surface area contributed by atoms with E-state index in [-0.39, 0.29) is 17.9 Å². The Balaban J connectivity index is 1.76. The van der Waals surface area contributed by atoms with Gasteiger partial charge in [-0.3, -0.25) is 4.79 Å². The molecule has 2 N–H and O–H groups in total. The number of aromatic amines is 1.